The molecular weight excluding hydrogens is 989 g/mol. The molecule has 428 valence electrons. The summed E-state index contributed by atoms with van der Waals surface area (Å²) in [6.45, 7) is 13.2. The lowest BCUT2D eigenvalue weighted by molar-refractivity contribution is -0.363. The number of rotatable bonds is 11. The van der Waals surface area contributed by atoms with Crippen molar-refractivity contribution >= 4 is 12.3 Å². The Morgan fingerprint density at radius 3 is 1.97 bits per heavy atom. The number of allylic oxidation sites excluding steroid dienone is 2. The smallest absolute Gasteiger partial charge is 0.315 e. The van der Waals surface area contributed by atoms with E-state index >= 15 is 4.79 Å². The van der Waals surface area contributed by atoms with Crippen LogP contribution in [0, 0.1) is 50.2 Å². The van der Waals surface area contributed by atoms with Crippen LogP contribution < -0.4 is 0 Å². The number of carbonyl (C=O) groups is 2. The molecule has 0 spiro atoms. The maximum Gasteiger partial charge on any atom is 0.315 e. The Bertz CT molecular complexity index is 2100. The van der Waals surface area contributed by atoms with Gasteiger partial charge in [0.15, 0.2) is 18.9 Å². The first-order chi connectivity index (χ1) is 35.1. The van der Waals surface area contributed by atoms with E-state index in [1.807, 2.05) is 6.92 Å². The van der Waals surface area contributed by atoms with Gasteiger partial charge in [-0.3, -0.25) is 4.79 Å². The van der Waals surface area contributed by atoms with Crippen molar-refractivity contribution in [3.05, 3.63) is 11.6 Å². The molecule has 8 fully saturated rings. The predicted molar refractivity (Wildman–Crippen MR) is 256 cm³/mol. The molecule has 0 aromatic heterocycles. The summed E-state index contributed by atoms with van der Waals surface area (Å²) in [5, 5.41) is 127. The second-order valence-electron chi connectivity index (χ2n) is 25.5. The maximum absolute atomic E-state index is 15.1. The maximum atomic E-state index is 15.1. The van der Waals surface area contributed by atoms with Gasteiger partial charge in [-0.05, 0) is 111 Å². The van der Waals surface area contributed by atoms with Gasteiger partial charge in [-0.15, -0.1) is 0 Å². The fourth-order valence-electron chi connectivity index (χ4n) is 15.9. The second-order valence-corrected chi connectivity index (χ2v) is 25.5. The van der Waals surface area contributed by atoms with Gasteiger partial charge >= 0.3 is 5.97 Å². The van der Waals surface area contributed by atoms with Gasteiger partial charge in [0.25, 0.3) is 0 Å². The molecule has 4 heterocycles. The van der Waals surface area contributed by atoms with Crippen molar-refractivity contribution in [1.29, 1.82) is 0 Å². The van der Waals surface area contributed by atoms with E-state index in [2.05, 4.69) is 40.7 Å². The van der Waals surface area contributed by atoms with Crippen LogP contribution in [0.3, 0.4) is 0 Å². The highest BCUT2D eigenvalue weighted by molar-refractivity contribution is 5.79. The molecule has 0 aromatic rings. The van der Waals surface area contributed by atoms with Gasteiger partial charge in [-0.2, -0.15) is 0 Å². The SMILES string of the molecule is C[C@@H]1O[C@@H](O[C@H]2[C@H](O[C@H]3CC[C@]4(C)[C@H]5CC=C6[C@@H]7CC(C)(C)CC[C@]7(C(=O)O[C@@H]7O[C@H](CO[C@@H]8O[C@H](CO)[C@@H](O)[C@H](O)[C@H]8O)[C@@H](O)[C@H](O)[C@H]7O)CC[C@@]6(C)[C@]5(C)CC[C@H]4[C@]3(C)C=O)OC[C@H](O)[C@@H]2O)[C@H](O)[C@H](O)[C@H]1O. The molecule has 4 saturated carbocycles. The lowest BCUT2D eigenvalue weighted by Gasteiger charge is -2.71. The van der Waals surface area contributed by atoms with E-state index in [4.69, 9.17) is 37.9 Å². The molecule has 12 N–H and O–H groups in total. The minimum atomic E-state index is -1.84. The number of aliphatic hydroxyl groups is 12. The highest BCUT2D eigenvalue weighted by Gasteiger charge is 2.71. The summed E-state index contributed by atoms with van der Waals surface area (Å²) in [7, 11) is 0. The molecule has 4 saturated heterocycles. The number of esters is 1. The van der Waals surface area contributed by atoms with E-state index in [-0.39, 0.29) is 40.6 Å². The first kappa shape index (κ1) is 57.8. The lowest BCUT2D eigenvalue weighted by Crippen LogP contribution is -2.67. The van der Waals surface area contributed by atoms with Crippen molar-refractivity contribution in [1.82, 2.24) is 0 Å². The average Bonchev–Trinajstić information content (AvgIpc) is 3.37. The molecule has 4 aliphatic heterocycles. The van der Waals surface area contributed by atoms with Gasteiger partial charge in [0, 0.05) is 0 Å². The minimum absolute atomic E-state index is 0.0993. The van der Waals surface area contributed by atoms with Crippen molar-refractivity contribution in [2.45, 2.75) is 235 Å². The average molecular weight is 1070 g/mol. The van der Waals surface area contributed by atoms with Crippen LogP contribution in [0.5, 0.6) is 0 Å². The Labute approximate surface area is 437 Å². The summed E-state index contributed by atoms with van der Waals surface area (Å²) >= 11 is 0. The monoisotopic (exact) mass is 1070 g/mol. The van der Waals surface area contributed by atoms with Gasteiger partial charge < -0.3 is 104 Å². The van der Waals surface area contributed by atoms with Crippen LogP contribution in [0.15, 0.2) is 11.6 Å². The Kier molecular flexibility index (Phi) is 16.1. The van der Waals surface area contributed by atoms with Crippen molar-refractivity contribution < 1.29 is 109 Å². The molecule has 0 amide bonds. The van der Waals surface area contributed by atoms with E-state index in [1.54, 1.807) is 0 Å². The Balaban J connectivity index is 0.932. The molecule has 5 aliphatic carbocycles. The Morgan fingerprint density at radius 2 is 1.29 bits per heavy atom. The normalized spacial score (nSPS) is 54.8. The molecule has 0 unspecified atom stereocenters. The second kappa shape index (κ2) is 20.9. The number of ether oxygens (including phenoxy) is 8. The number of carbonyl (C=O) groups excluding carboxylic acids is 2. The Morgan fingerprint density at radius 1 is 0.667 bits per heavy atom. The van der Waals surface area contributed by atoms with Crippen LogP contribution in [0.25, 0.3) is 0 Å². The molecule has 28 atom stereocenters. The summed E-state index contributed by atoms with van der Waals surface area (Å²) < 4.78 is 47.4. The van der Waals surface area contributed by atoms with Crippen LogP contribution in [-0.2, 0) is 47.5 Å². The molecule has 22 nitrogen and oxygen atoms in total. The number of fused-ring (bicyclic) bond motifs is 7. The minimum Gasteiger partial charge on any atom is -0.432 e. The zero-order valence-corrected chi connectivity index (χ0v) is 44.1. The highest BCUT2D eigenvalue weighted by Crippen LogP contribution is 2.76. The molecule has 75 heavy (non-hydrogen) atoms. The highest BCUT2D eigenvalue weighted by atomic mass is 16.8. The van der Waals surface area contributed by atoms with E-state index in [9.17, 15) is 66.1 Å². The van der Waals surface area contributed by atoms with Crippen LogP contribution in [0.1, 0.15) is 113 Å². The topological polar surface area (TPSA) is 351 Å². The van der Waals surface area contributed by atoms with Crippen molar-refractivity contribution in [3.8, 4) is 0 Å². The zero-order valence-electron chi connectivity index (χ0n) is 44.1. The standard InChI is InChI=1S/C53H84O22/c1-23-32(57)36(61)40(65)44(70-23)74-42-33(58)26(56)20-68-46(42)73-31-11-12-49(4)29(50(31,5)22-55)10-13-52(7)30(49)9-8-24-25-18-48(2,3)14-16-53(25,17-15-51(24,52)6)47(67)75-45-41(66)38(63)35(60)28(72-45)21-69-43-39(64)37(62)34(59)27(19-54)71-43/h8,22-23,25-46,54,56-66H,9-21H2,1-7H3/t23-,25-,26-,27+,28+,29+,30+,31-,32-,33-,34+,35+,36+,37-,38-,39+,40+,41+,42+,43+,44-,45-,46-,49-,50-,51+,52+,53-/m0/s1. The molecule has 0 bridgehead atoms. The molecule has 22 heteroatoms. The largest absolute Gasteiger partial charge is 0.432 e. The van der Waals surface area contributed by atoms with Crippen LogP contribution in [-0.4, -0.2) is 216 Å². The van der Waals surface area contributed by atoms with E-state index in [0.29, 0.717) is 57.8 Å². The third kappa shape index (κ3) is 9.41. The van der Waals surface area contributed by atoms with Crippen LogP contribution in [0.4, 0.5) is 0 Å². The number of hydrogen-bond acceptors (Lipinski definition) is 22. The predicted octanol–water partition coefficient (Wildman–Crippen LogP) is -1.19. The van der Waals surface area contributed by atoms with Crippen molar-refractivity contribution in [3.63, 3.8) is 0 Å². The molecular formula is C53H84O22. The van der Waals surface area contributed by atoms with E-state index in [0.717, 1.165) is 12.7 Å². The zero-order chi connectivity index (χ0) is 54.7. The first-order valence-electron chi connectivity index (χ1n) is 27.1. The first-order valence-corrected chi connectivity index (χ1v) is 27.1. The van der Waals surface area contributed by atoms with Gasteiger partial charge in [0.2, 0.25) is 6.29 Å². The molecule has 0 radical (unpaired) electrons. The fourth-order valence-corrected chi connectivity index (χ4v) is 15.9. The number of aldehydes is 1. The van der Waals surface area contributed by atoms with Crippen LogP contribution >= 0.6 is 0 Å². The fraction of sp³-hybridized carbons (Fsp3) is 0.925. The van der Waals surface area contributed by atoms with Crippen molar-refractivity contribution in [2.75, 3.05) is 19.8 Å². The molecule has 9 rings (SSSR count). The van der Waals surface area contributed by atoms with Crippen molar-refractivity contribution in [2.24, 2.45) is 50.2 Å². The van der Waals surface area contributed by atoms with Gasteiger partial charge in [0.1, 0.15) is 91.7 Å². The number of aliphatic hydroxyl groups excluding tert-OH is 12. The van der Waals surface area contributed by atoms with Crippen LogP contribution in [0.2, 0.25) is 0 Å². The van der Waals surface area contributed by atoms with Gasteiger partial charge in [-0.1, -0.05) is 53.2 Å². The third-order valence-corrected chi connectivity index (χ3v) is 20.9. The molecule has 9 aliphatic rings. The third-order valence-electron chi connectivity index (χ3n) is 20.9. The summed E-state index contributed by atoms with van der Waals surface area (Å²) in [6.07, 6.45) is -20.6. The quantitative estimate of drug-likeness (QED) is 0.0501. The summed E-state index contributed by atoms with van der Waals surface area (Å²) in [5.41, 5.74) is -2.11. The van der Waals surface area contributed by atoms with Gasteiger partial charge in [-0.25, -0.2) is 0 Å². The summed E-state index contributed by atoms with van der Waals surface area (Å²) in [4.78, 5) is 28.8. The molecule has 0 aromatic carbocycles. The lowest BCUT2D eigenvalue weighted by atomic mass is 9.33. The Hall–Kier alpha value is -1.88. The van der Waals surface area contributed by atoms with E-state index in [1.165, 1.54) is 12.5 Å². The summed E-state index contributed by atoms with van der Waals surface area (Å²) in [6, 6.07) is 0. The number of hydrogen-bond donors (Lipinski definition) is 12. The summed E-state index contributed by atoms with van der Waals surface area (Å²) in [5.74, 6) is -0.925. The van der Waals surface area contributed by atoms with E-state index < -0.39 is 158 Å². The van der Waals surface area contributed by atoms with Gasteiger partial charge in [0.05, 0.1) is 42.9 Å².